The largest absolute Gasteiger partial charge is 0.493 e. The van der Waals surface area contributed by atoms with Gasteiger partial charge in [0.15, 0.2) is 16.6 Å². The zero-order chi connectivity index (χ0) is 31.1. The van der Waals surface area contributed by atoms with Gasteiger partial charge >= 0.3 is 7.82 Å². The summed E-state index contributed by atoms with van der Waals surface area (Å²) in [6, 6.07) is 9.32. The van der Waals surface area contributed by atoms with Gasteiger partial charge in [-0.3, -0.25) is 9.32 Å². The molecule has 2 aromatic heterocycles. The molecule has 0 spiro atoms. The van der Waals surface area contributed by atoms with Crippen LogP contribution in [0.25, 0.3) is 10.9 Å². The van der Waals surface area contributed by atoms with Gasteiger partial charge in [-0.25, -0.2) is 23.9 Å². The molecule has 44 heavy (non-hydrogen) atoms. The van der Waals surface area contributed by atoms with Crippen molar-refractivity contribution in [1.29, 1.82) is 0 Å². The minimum Gasteiger partial charge on any atom is -0.493 e. The number of fused-ring (bicyclic) bond motifs is 1. The summed E-state index contributed by atoms with van der Waals surface area (Å²) in [6.07, 6.45) is 5.83. The number of hydrogen-bond donors (Lipinski definition) is 5. The maximum Gasteiger partial charge on any atom is 0.469 e. The minimum absolute atomic E-state index is 0.0771. The number of hydrogen-bond acceptors (Lipinski definition) is 11. The van der Waals surface area contributed by atoms with Gasteiger partial charge < -0.3 is 35.2 Å². The maximum absolute atomic E-state index is 13.4. The van der Waals surface area contributed by atoms with Crippen molar-refractivity contribution in [1.82, 2.24) is 20.3 Å². The molecule has 234 valence electrons. The zero-order valence-electron chi connectivity index (χ0n) is 23.7. The van der Waals surface area contributed by atoms with Gasteiger partial charge in [-0.1, -0.05) is 6.07 Å². The lowest BCUT2D eigenvalue weighted by molar-refractivity contribution is -0.115. The molecule has 1 aliphatic rings. The molecular weight excluding hydrogens is 614 g/mol. The molecule has 1 atom stereocenters. The highest BCUT2D eigenvalue weighted by atomic mass is 32.1. The lowest BCUT2D eigenvalue weighted by atomic mass is 10.1. The highest BCUT2D eigenvalue weighted by Gasteiger charge is 2.33. The summed E-state index contributed by atoms with van der Waals surface area (Å²) in [5.74, 6) is 1.25. The van der Waals surface area contributed by atoms with Gasteiger partial charge in [0.05, 0.1) is 25.7 Å². The highest BCUT2D eigenvalue weighted by molar-refractivity contribution is 7.46. The van der Waals surface area contributed by atoms with E-state index in [1.807, 2.05) is 6.07 Å². The molecule has 1 saturated carbocycles. The van der Waals surface area contributed by atoms with E-state index in [9.17, 15) is 13.8 Å². The fourth-order valence-corrected chi connectivity index (χ4v) is 5.66. The predicted molar refractivity (Wildman–Crippen MR) is 163 cm³/mol. The SMILES string of the molecule is COc1cc2c(Nc3ncc(CC(=O)Nc4cccc(F)c4)s3)ncnc2cc1OC(CCNCCOP(=O)(O)O)C1CC1. The second-order valence-electron chi connectivity index (χ2n) is 10.1. The van der Waals surface area contributed by atoms with Crippen LogP contribution < -0.4 is 25.4 Å². The number of carbonyl (C=O) groups is 1. The third-order valence-electron chi connectivity index (χ3n) is 6.71. The van der Waals surface area contributed by atoms with E-state index in [1.54, 1.807) is 25.4 Å². The molecule has 2 heterocycles. The molecular formula is C28H32FN6O7PS. The van der Waals surface area contributed by atoms with Crippen molar-refractivity contribution in [3.05, 3.63) is 59.6 Å². The van der Waals surface area contributed by atoms with E-state index in [1.165, 1.54) is 35.9 Å². The number of phosphoric ester groups is 1. The summed E-state index contributed by atoms with van der Waals surface area (Å²) in [6.45, 7) is 0.791. The molecule has 0 saturated heterocycles. The Bertz CT molecular complexity index is 1650. The zero-order valence-corrected chi connectivity index (χ0v) is 25.4. The average Bonchev–Trinajstić information content (AvgIpc) is 3.73. The quantitative estimate of drug-likeness (QED) is 0.0858. The Morgan fingerprint density at radius 1 is 1.16 bits per heavy atom. The summed E-state index contributed by atoms with van der Waals surface area (Å²) in [5, 5.41) is 10.2. The van der Waals surface area contributed by atoms with Crippen LogP contribution in [0.15, 0.2) is 48.9 Å². The fraction of sp³-hybridized carbons (Fsp3) is 0.357. The van der Waals surface area contributed by atoms with Crippen LogP contribution in [0.3, 0.4) is 0 Å². The molecule has 2 aromatic carbocycles. The predicted octanol–water partition coefficient (Wildman–Crippen LogP) is 4.41. The number of phosphoric acid groups is 1. The molecule has 0 radical (unpaired) electrons. The number of halogens is 1. The second-order valence-corrected chi connectivity index (χ2v) is 12.4. The van der Waals surface area contributed by atoms with Crippen molar-refractivity contribution in [3.63, 3.8) is 0 Å². The first-order valence-corrected chi connectivity index (χ1v) is 16.2. The molecule has 1 amide bonds. The lowest BCUT2D eigenvalue weighted by Gasteiger charge is -2.21. The molecule has 0 bridgehead atoms. The molecule has 4 aromatic rings. The van der Waals surface area contributed by atoms with Gasteiger partial charge in [0.2, 0.25) is 5.91 Å². The summed E-state index contributed by atoms with van der Waals surface area (Å²) in [7, 11) is -2.92. The van der Waals surface area contributed by atoms with Crippen molar-refractivity contribution in [2.45, 2.75) is 31.8 Å². The average molecular weight is 647 g/mol. The number of benzene rings is 2. The molecule has 0 aliphatic heterocycles. The summed E-state index contributed by atoms with van der Waals surface area (Å²) in [4.78, 5) is 43.9. The van der Waals surface area contributed by atoms with E-state index in [0.717, 1.165) is 12.8 Å². The van der Waals surface area contributed by atoms with Crippen molar-refractivity contribution in [2.75, 3.05) is 37.4 Å². The Hall–Kier alpha value is -3.72. The fourth-order valence-electron chi connectivity index (χ4n) is 4.52. The Morgan fingerprint density at radius 3 is 2.75 bits per heavy atom. The smallest absolute Gasteiger partial charge is 0.469 e. The third kappa shape index (κ3) is 9.14. The molecule has 13 nitrogen and oxygen atoms in total. The van der Waals surface area contributed by atoms with Gasteiger partial charge in [0.1, 0.15) is 24.1 Å². The van der Waals surface area contributed by atoms with Gasteiger partial charge in [-0.15, -0.1) is 11.3 Å². The van der Waals surface area contributed by atoms with Crippen LogP contribution in [-0.4, -0.2) is 63.6 Å². The number of nitrogens with zero attached hydrogens (tertiary/aromatic N) is 3. The van der Waals surface area contributed by atoms with Crippen molar-refractivity contribution < 1.29 is 37.5 Å². The topological polar surface area (TPSA) is 177 Å². The van der Waals surface area contributed by atoms with Gasteiger partial charge in [-0.05, 0) is 56.0 Å². The Balaban J connectivity index is 1.22. The Morgan fingerprint density at radius 2 is 2.00 bits per heavy atom. The van der Waals surface area contributed by atoms with Crippen molar-refractivity contribution >= 4 is 52.6 Å². The van der Waals surface area contributed by atoms with Gasteiger partial charge in [-0.2, -0.15) is 0 Å². The van der Waals surface area contributed by atoms with Gasteiger partial charge in [0.25, 0.3) is 0 Å². The molecule has 1 unspecified atom stereocenters. The third-order valence-corrected chi connectivity index (χ3v) is 8.14. The van der Waals surface area contributed by atoms with Crippen LogP contribution in [0, 0.1) is 11.7 Å². The first-order valence-electron chi connectivity index (χ1n) is 13.8. The first kappa shape index (κ1) is 31.7. The Labute approximate surface area is 256 Å². The maximum atomic E-state index is 13.4. The lowest BCUT2D eigenvalue weighted by Crippen LogP contribution is -2.28. The van der Waals surface area contributed by atoms with Crippen LogP contribution in [-0.2, 0) is 20.3 Å². The monoisotopic (exact) mass is 646 g/mol. The van der Waals surface area contributed by atoms with Crippen molar-refractivity contribution in [2.24, 2.45) is 5.92 Å². The normalized spacial score (nSPS) is 13.9. The number of rotatable bonds is 16. The molecule has 5 rings (SSSR count). The van der Waals surface area contributed by atoms with Gasteiger partial charge in [0, 0.05) is 34.8 Å². The number of methoxy groups -OCH3 is 1. The van der Waals surface area contributed by atoms with Crippen molar-refractivity contribution in [3.8, 4) is 11.5 Å². The summed E-state index contributed by atoms with van der Waals surface area (Å²) < 4.78 is 40.7. The van der Waals surface area contributed by atoms with Crippen LogP contribution in [0.5, 0.6) is 11.5 Å². The van der Waals surface area contributed by atoms with E-state index in [2.05, 4.69) is 35.4 Å². The van der Waals surface area contributed by atoms with E-state index in [-0.39, 0.29) is 25.0 Å². The van der Waals surface area contributed by atoms with E-state index in [4.69, 9.17) is 19.3 Å². The number of thiazole rings is 1. The number of carbonyl (C=O) groups excluding carboxylic acids is 1. The van der Waals surface area contributed by atoms with Crippen LogP contribution in [0.4, 0.5) is 21.0 Å². The molecule has 16 heteroatoms. The number of anilines is 3. The summed E-state index contributed by atoms with van der Waals surface area (Å²) in [5.41, 5.74) is 1.01. The highest BCUT2D eigenvalue weighted by Crippen LogP contribution is 2.41. The number of ether oxygens (including phenoxy) is 2. The molecule has 1 fully saturated rings. The standard InChI is InChI=1S/C28H32FN6O7PS/c1-40-24-13-21-22(14-25(24)42-23(17-5-6-17)7-8-30-9-10-41-43(37,38)39)32-16-33-27(21)35-28-31-15-20(44-28)12-26(36)34-19-4-2-3-18(29)11-19/h2-4,11,13-17,23,30H,5-10,12H2,1H3,(H,34,36)(H2,37,38,39)(H,31,32,33,35). The number of nitrogens with one attached hydrogen (secondary N) is 3. The van der Waals surface area contributed by atoms with E-state index in [0.29, 0.717) is 69.3 Å². The number of amides is 1. The van der Waals surface area contributed by atoms with Crippen LogP contribution in [0.2, 0.25) is 0 Å². The molecule has 1 aliphatic carbocycles. The van der Waals surface area contributed by atoms with Crippen LogP contribution >= 0.6 is 19.2 Å². The Kier molecular flexibility index (Phi) is 10.4. The minimum atomic E-state index is -4.48. The first-order chi connectivity index (χ1) is 21.2. The van der Waals surface area contributed by atoms with E-state index >= 15 is 0 Å². The number of aromatic nitrogens is 3. The van der Waals surface area contributed by atoms with Crippen LogP contribution in [0.1, 0.15) is 24.1 Å². The summed E-state index contributed by atoms with van der Waals surface area (Å²) >= 11 is 1.30. The molecule has 5 N–H and O–H groups in total. The van der Waals surface area contributed by atoms with E-state index < -0.39 is 13.6 Å². The second kappa shape index (κ2) is 14.4.